The van der Waals surface area contributed by atoms with Gasteiger partial charge in [-0.05, 0) is 31.0 Å². The molecule has 0 unspecified atom stereocenters. The number of sulfonamides is 1. The van der Waals surface area contributed by atoms with Crippen molar-refractivity contribution in [3.63, 3.8) is 0 Å². The van der Waals surface area contributed by atoms with Crippen molar-refractivity contribution in [2.24, 2.45) is 11.7 Å². The Hall–Kier alpha value is -2.20. The number of likely N-dealkylation sites (N-methyl/N-ethyl adjacent to an activating group) is 1. The van der Waals surface area contributed by atoms with Crippen LogP contribution in [0, 0.1) is 11.7 Å². The lowest BCUT2D eigenvalue weighted by Gasteiger charge is -2.32. The Balaban J connectivity index is 2.16. The van der Waals surface area contributed by atoms with Crippen LogP contribution in [-0.2, 0) is 19.6 Å². The first-order valence-electron chi connectivity index (χ1n) is 8.61. The third-order valence-corrected chi connectivity index (χ3v) is 6.60. The molecule has 0 aliphatic carbocycles. The van der Waals surface area contributed by atoms with Gasteiger partial charge < -0.3 is 15.4 Å². The zero-order valence-electron chi connectivity index (χ0n) is 15.4. The number of primary amides is 1. The molecular formula is C17H24FN3O5S. The van der Waals surface area contributed by atoms with Crippen LogP contribution in [0.2, 0.25) is 0 Å². The number of halogens is 1. The Bertz CT molecular complexity index is 807. The van der Waals surface area contributed by atoms with Gasteiger partial charge in [0.25, 0.3) is 0 Å². The van der Waals surface area contributed by atoms with Crippen molar-refractivity contribution in [2.45, 2.75) is 24.7 Å². The fourth-order valence-corrected chi connectivity index (χ4v) is 4.59. The molecule has 1 heterocycles. The fourth-order valence-electron chi connectivity index (χ4n) is 3.02. The number of ether oxygens (including phenoxy) is 1. The van der Waals surface area contributed by atoms with Crippen molar-refractivity contribution in [3.05, 3.63) is 24.0 Å². The summed E-state index contributed by atoms with van der Waals surface area (Å²) >= 11 is 0. The van der Waals surface area contributed by atoms with Gasteiger partial charge in [0.2, 0.25) is 21.8 Å². The third-order valence-electron chi connectivity index (χ3n) is 4.66. The van der Waals surface area contributed by atoms with Crippen molar-refractivity contribution < 1.29 is 27.1 Å². The first kappa shape index (κ1) is 21.1. The number of rotatable bonds is 7. The van der Waals surface area contributed by atoms with Crippen LogP contribution in [0.1, 0.15) is 19.8 Å². The number of hydrogen-bond acceptors (Lipinski definition) is 5. The normalized spacial score (nSPS) is 15.8. The smallest absolute Gasteiger partial charge is 0.247 e. The van der Waals surface area contributed by atoms with Gasteiger partial charge in [0.1, 0.15) is 16.5 Å². The average molecular weight is 401 g/mol. The summed E-state index contributed by atoms with van der Waals surface area (Å²) in [5.41, 5.74) is 5.28. The standard InChI is InChI=1S/C17H24FN3O5S/c1-3-21(11-16(22)20-8-6-12(7-9-20)17(19)23)27(24,25)15-10-13(18)4-5-14(15)26-2/h4-5,10,12H,3,6-9,11H2,1-2H3,(H2,19,23). The maximum Gasteiger partial charge on any atom is 0.247 e. The first-order chi connectivity index (χ1) is 12.7. The van der Waals surface area contributed by atoms with Gasteiger partial charge in [-0.3, -0.25) is 9.59 Å². The topological polar surface area (TPSA) is 110 Å². The number of carbonyl (C=O) groups excluding carboxylic acids is 2. The third kappa shape index (κ3) is 4.75. The van der Waals surface area contributed by atoms with Crippen LogP contribution in [0.3, 0.4) is 0 Å². The summed E-state index contributed by atoms with van der Waals surface area (Å²) in [6, 6.07) is 3.20. The number of methoxy groups -OCH3 is 1. The minimum atomic E-state index is -4.13. The van der Waals surface area contributed by atoms with Crippen molar-refractivity contribution in [1.82, 2.24) is 9.21 Å². The highest BCUT2D eigenvalue weighted by Crippen LogP contribution is 2.27. The van der Waals surface area contributed by atoms with Crippen LogP contribution in [0.5, 0.6) is 5.75 Å². The van der Waals surface area contributed by atoms with Gasteiger partial charge in [-0.1, -0.05) is 6.92 Å². The van der Waals surface area contributed by atoms with Gasteiger partial charge in [-0.2, -0.15) is 4.31 Å². The molecule has 10 heteroatoms. The lowest BCUT2D eigenvalue weighted by atomic mass is 9.96. The molecule has 27 heavy (non-hydrogen) atoms. The number of likely N-dealkylation sites (tertiary alicyclic amines) is 1. The van der Waals surface area contributed by atoms with E-state index in [-0.39, 0.29) is 35.6 Å². The van der Waals surface area contributed by atoms with E-state index in [0.717, 1.165) is 16.4 Å². The molecular weight excluding hydrogens is 377 g/mol. The number of benzene rings is 1. The molecule has 0 atom stereocenters. The van der Waals surface area contributed by atoms with Crippen LogP contribution in [0.4, 0.5) is 4.39 Å². The van der Waals surface area contributed by atoms with E-state index in [1.165, 1.54) is 18.1 Å². The van der Waals surface area contributed by atoms with Gasteiger partial charge >= 0.3 is 0 Å². The van der Waals surface area contributed by atoms with E-state index in [0.29, 0.717) is 25.9 Å². The quantitative estimate of drug-likeness (QED) is 0.718. The first-order valence-corrected chi connectivity index (χ1v) is 10.1. The Morgan fingerprint density at radius 2 is 1.96 bits per heavy atom. The maximum absolute atomic E-state index is 13.6. The van der Waals surface area contributed by atoms with E-state index in [1.807, 2.05) is 0 Å². The van der Waals surface area contributed by atoms with Crippen molar-refractivity contribution >= 4 is 21.8 Å². The SMILES string of the molecule is CCN(CC(=O)N1CCC(C(N)=O)CC1)S(=O)(=O)c1cc(F)ccc1OC. The van der Waals surface area contributed by atoms with Gasteiger partial charge in [0.05, 0.1) is 13.7 Å². The van der Waals surface area contributed by atoms with E-state index >= 15 is 0 Å². The highest BCUT2D eigenvalue weighted by molar-refractivity contribution is 7.89. The zero-order chi connectivity index (χ0) is 20.2. The van der Waals surface area contributed by atoms with Crippen LogP contribution in [0.25, 0.3) is 0 Å². The number of carbonyl (C=O) groups is 2. The monoisotopic (exact) mass is 401 g/mol. The minimum Gasteiger partial charge on any atom is -0.495 e. The molecule has 0 radical (unpaired) electrons. The molecule has 1 aromatic carbocycles. The minimum absolute atomic E-state index is 0.00423. The molecule has 1 saturated heterocycles. The summed E-state index contributed by atoms with van der Waals surface area (Å²) in [5.74, 6) is -1.75. The molecule has 2 amide bonds. The Morgan fingerprint density at radius 1 is 1.33 bits per heavy atom. The number of piperidine rings is 1. The molecule has 150 valence electrons. The Kier molecular flexibility index (Phi) is 6.77. The summed E-state index contributed by atoms with van der Waals surface area (Å²) in [4.78, 5) is 24.9. The summed E-state index contributed by atoms with van der Waals surface area (Å²) in [5, 5.41) is 0. The number of amides is 2. The van der Waals surface area contributed by atoms with Gasteiger partial charge in [-0.15, -0.1) is 0 Å². The molecule has 0 saturated carbocycles. The molecule has 1 aromatic rings. The molecule has 1 fully saturated rings. The largest absolute Gasteiger partial charge is 0.495 e. The van der Waals surface area contributed by atoms with E-state index < -0.39 is 21.7 Å². The van der Waals surface area contributed by atoms with Crippen LogP contribution in [-0.4, -0.2) is 62.7 Å². The van der Waals surface area contributed by atoms with Gasteiger partial charge in [0, 0.05) is 25.6 Å². The summed E-state index contributed by atoms with van der Waals surface area (Å²) in [7, 11) is -2.84. The summed E-state index contributed by atoms with van der Waals surface area (Å²) in [6.45, 7) is 1.93. The second-order valence-corrected chi connectivity index (χ2v) is 8.19. The predicted octanol–water partition coefficient (Wildman–Crippen LogP) is 0.569. The molecule has 2 rings (SSSR count). The number of hydrogen-bond donors (Lipinski definition) is 1. The molecule has 1 aliphatic rings. The van der Waals surface area contributed by atoms with E-state index in [4.69, 9.17) is 10.5 Å². The Labute approximate surface area is 158 Å². The van der Waals surface area contributed by atoms with Crippen LogP contribution < -0.4 is 10.5 Å². The van der Waals surface area contributed by atoms with Gasteiger partial charge in [-0.25, -0.2) is 12.8 Å². The number of nitrogens with two attached hydrogens (primary N) is 1. The van der Waals surface area contributed by atoms with E-state index in [2.05, 4.69) is 0 Å². The predicted molar refractivity (Wildman–Crippen MR) is 95.9 cm³/mol. The van der Waals surface area contributed by atoms with E-state index in [1.54, 1.807) is 6.92 Å². The fraction of sp³-hybridized carbons (Fsp3) is 0.529. The van der Waals surface area contributed by atoms with Crippen molar-refractivity contribution in [3.8, 4) is 5.75 Å². The second kappa shape index (κ2) is 8.66. The van der Waals surface area contributed by atoms with Crippen LogP contribution in [0.15, 0.2) is 23.1 Å². The maximum atomic E-state index is 13.6. The average Bonchev–Trinajstić information content (AvgIpc) is 2.65. The van der Waals surface area contributed by atoms with E-state index in [9.17, 15) is 22.4 Å². The molecule has 8 nitrogen and oxygen atoms in total. The lowest BCUT2D eigenvalue weighted by Crippen LogP contribution is -2.47. The molecule has 2 N–H and O–H groups in total. The molecule has 0 bridgehead atoms. The molecule has 1 aliphatic heterocycles. The summed E-state index contributed by atoms with van der Waals surface area (Å²) in [6.07, 6.45) is 0.912. The molecule has 0 aromatic heterocycles. The zero-order valence-corrected chi connectivity index (χ0v) is 16.2. The van der Waals surface area contributed by atoms with Crippen molar-refractivity contribution in [2.75, 3.05) is 33.3 Å². The van der Waals surface area contributed by atoms with Gasteiger partial charge in [0.15, 0.2) is 0 Å². The second-order valence-electron chi connectivity index (χ2n) is 6.28. The molecule has 0 spiro atoms. The lowest BCUT2D eigenvalue weighted by molar-refractivity contribution is -0.135. The van der Waals surface area contributed by atoms with Crippen molar-refractivity contribution in [1.29, 1.82) is 0 Å². The highest BCUT2D eigenvalue weighted by atomic mass is 32.2. The summed E-state index contributed by atoms with van der Waals surface area (Å²) < 4.78 is 45.4. The van der Waals surface area contributed by atoms with Crippen LogP contribution >= 0.6 is 0 Å². The number of nitrogens with zero attached hydrogens (tertiary/aromatic N) is 2. The highest BCUT2D eigenvalue weighted by Gasteiger charge is 2.32. The Morgan fingerprint density at radius 3 is 2.48 bits per heavy atom.